The van der Waals surface area contributed by atoms with Crippen molar-refractivity contribution in [2.75, 3.05) is 10.6 Å². The van der Waals surface area contributed by atoms with Gasteiger partial charge in [0.15, 0.2) is 5.69 Å². The van der Waals surface area contributed by atoms with Gasteiger partial charge in [-0.2, -0.15) is 4.37 Å². The molecular weight excluding hydrogens is 510 g/mol. The number of nitrogens with zero attached hydrogens (tertiary/aromatic N) is 2. The standard InChI is InChI=1S/C30H37N5O3S/c1-4-23(28(36)32-18-21-13-7-5-8-14-21)35(24-17-11-12-19(2)20(24)3)30(38)27-25(31)26(34-39-27)29(37)33-22-15-9-6-10-16-22/h5,7-8,11-14,17,22-23H,4,6,9-10,15-16,18,31H2,1-3H3,(H,32,36)(H,33,37)/t23-/m0/s1. The smallest absolute Gasteiger partial charge is 0.273 e. The molecule has 1 aromatic heterocycles. The lowest BCUT2D eigenvalue weighted by Crippen LogP contribution is -2.50. The summed E-state index contributed by atoms with van der Waals surface area (Å²) in [6, 6.07) is 14.6. The van der Waals surface area contributed by atoms with E-state index in [2.05, 4.69) is 15.0 Å². The number of aryl methyl sites for hydroxylation is 1. The number of rotatable bonds is 9. The molecule has 4 rings (SSSR count). The third kappa shape index (κ3) is 6.47. The van der Waals surface area contributed by atoms with Crippen LogP contribution in [0.1, 0.15) is 82.3 Å². The van der Waals surface area contributed by atoms with Gasteiger partial charge in [-0.15, -0.1) is 0 Å². The van der Waals surface area contributed by atoms with Crippen molar-refractivity contribution in [3.05, 3.63) is 75.8 Å². The van der Waals surface area contributed by atoms with E-state index in [1.165, 1.54) is 11.3 Å². The minimum absolute atomic E-state index is 0.0492. The number of nitrogens with two attached hydrogens (primary N) is 1. The highest BCUT2D eigenvalue weighted by atomic mass is 32.1. The van der Waals surface area contributed by atoms with Gasteiger partial charge < -0.3 is 16.4 Å². The minimum Gasteiger partial charge on any atom is -0.395 e. The molecule has 1 aliphatic rings. The summed E-state index contributed by atoms with van der Waals surface area (Å²) in [4.78, 5) is 42.3. The van der Waals surface area contributed by atoms with Gasteiger partial charge >= 0.3 is 0 Å². The minimum atomic E-state index is -0.789. The van der Waals surface area contributed by atoms with Gasteiger partial charge in [0.25, 0.3) is 11.8 Å². The normalized spacial score (nSPS) is 14.4. The Morgan fingerprint density at radius 3 is 2.46 bits per heavy atom. The molecule has 3 aromatic rings. The zero-order valence-electron chi connectivity index (χ0n) is 22.8. The number of amides is 3. The van der Waals surface area contributed by atoms with Gasteiger partial charge in [-0.25, -0.2) is 0 Å². The van der Waals surface area contributed by atoms with Crippen LogP contribution in [0.5, 0.6) is 0 Å². The van der Waals surface area contributed by atoms with E-state index >= 15 is 0 Å². The Kier molecular flexibility index (Phi) is 9.35. The largest absolute Gasteiger partial charge is 0.395 e. The second-order valence-corrected chi connectivity index (χ2v) is 10.9. The Bertz CT molecular complexity index is 1320. The first-order valence-electron chi connectivity index (χ1n) is 13.6. The molecule has 1 aliphatic carbocycles. The Balaban J connectivity index is 1.64. The maximum atomic E-state index is 14.1. The number of nitrogens with one attached hydrogen (secondary N) is 2. The maximum Gasteiger partial charge on any atom is 0.273 e. The Labute approximate surface area is 234 Å². The summed E-state index contributed by atoms with van der Waals surface area (Å²) in [5, 5.41) is 6.01. The molecule has 9 heteroatoms. The molecule has 0 aliphatic heterocycles. The predicted molar refractivity (Wildman–Crippen MR) is 156 cm³/mol. The number of hydrogen-bond acceptors (Lipinski definition) is 6. The molecule has 4 N–H and O–H groups in total. The molecule has 3 amide bonds. The van der Waals surface area contributed by atoms with Crippen LogP contribution in [0.25, 0.3) is 0 Å². The molecule has 0 radical (unpaired) electrons. The quantitative estimate of drug-likeness (QED) is 0.343. The SMILES string of the molecule is CC[C@@H](C(=O)NCc1ccccc1)N(C(=O)c1snc(C(=O)NC2CCCCC2)c1N)c1cccc(C)c1C. The number of benzene rings is 2. The summed E-state index contributed by atoms with van der Waals surface area (Å²) >= 11 is 0.899. The fourth-order valence-electron chi connectivity index (χ4n) is 5.03. The second-order valence-electron chi connectivity index (χ2n) is 10.1. The Morgan fingerprint density at radius 1 is 1.05 bits per heavy atom. The van der Waals surface area contributed by atoms with Crippen molar-refractivity contribution in [3.8, 4) is 0 Å². The van der Waals surface area contributed by atoms with E-state index in [1.54, 1.807) is 0 Å². The molecule has 0 bridgehead atoms. The number of anilines is 2. The maximum absolute atomic E-state index is 14.1. The van der Waals surface area contributed by atoms with Gasteiger partial charge in [-0.05, 0) is 67.4 Å². The van der Waals surface area contributed by atoms with Crippen molar-refractivity contribution in [2.24, 2.45) is 0 Å². The van der Waals surface area contributed by atoms with Gasteiger partial charge in [-0.1, -0.05) is 68.7 Å². The van der Waals surface area contributed by atoms with Crippen LogP contribution in [-0.4, -0.2) is 34.2 Å². The third-order valence-electron chi connectivity index (χ3n) is 7.44. The van der Waals surface area contributed by atoms with Gasteiger partial charge in [0, 0.05) is 18.3 Å². The van der Waals surface area contributed by atoms with E-state index in [9.17, 15) is 14.4 Å². The number of aromatic nitrogens is 1. The molecule has 2 aromatic carbocycles. The summed E-state index contributed by atoms with van der Waals surface area (Å²) in [5.41, 5.74) is 9.97. The molecule has 0 spiro atoms. The van der Waals surface area contributed by atoms with Gasteiger partial charge in [0.1, 0.15) is 10.9 Å². The zero-order valence-corrected chi connectivity index (χ0v) is 23.6. The molecule has 0 saturated heterocycles. The predicted octanol–water partition coefficient (Wildman–Crippen LogP) is 5.15. The van der Waals surface area contributed by atoms with Crippen LogP contribution in [0.4, 0.5) is 11.4 Å². The second kappa shape index (κ2) is 12.9. The van der Waals surface area contributed by atoms with E-state index in [-0.39, 0.29) is 34.1 Å². The summed E-state index contributed by atoms with van der Waals surface area (Å²) in [6.07, 6.45) is 5.58. The molecule has 8 nitrogen and oxygen atoms in total. The van der Waals surface area contributed by atoms with Crippen LogP contribution < -0.4 is 21.3 Å². The van der Waals surface area contributed by atoms with Crippen molar-refractivity contribution in [1.82, 2.24) is 15.0 Å². The monoisotopic (exact) mass is 547 g/mol. The van der Waals surface area contributed by atoms with Crippen molar-refractivity contribution in [3.63, 3.8) is 0 Å². The molecule has 206 valence electrons. The van der Waals surface area contributed by atoms with Crippen LogP contribution in [0.3, 0.4) is 0 Å². The zero-order chi connectivity index (χ0) is 27.9. The van der Waals surface area contributed by atoms with E-state index in [0.29, 0.717) is 18.7 Å². The number of hydrogen-bond donors (Lipinski definition) is 3. The lowest BCUT2D eigenvalue weighted by molar-refractivity contribution is -0.122. The lowest BCUT2D eigenvalue weighted by atomic mass is 9.95. The number of carbonyl (C=O) groups is 3. The number of nitrogen functional groups attached to an aromatic ring is 1. The van der Waals surface area contributed by atoms with E-state index in [1.807, 2.05) is 69.3 Å². The average molecular weight is 548 g/mol. The number of carbonyl (C=O) groups excluding carboxylic acids is 3. The molecule has 0 unspecified atom stereocenters. The highest BCUT2D eigenvalue weighted by Crippen LogP contribution is 2.31. The lowest BCUT2D eigenvalue weighted by Gasteiger charge is -2.32. The Hall–Kier alpha value is -3.72. The first kappa shape index (κ1) is 28.3. The molecule has 1 saturated carbocycles. The fraction of sp³-hybridized carbons (Fsp3) is 0.400. The van der Waals surface area contributed by atoms with Gasteiger partial charge in [0.2, 0.25) is 5.91 Å². The molecular formula is C30H37N5O3S. The summed E-state index contributed by atoms with van der Waals surface area (Å²) in [5.74, 6) is -1.08. The van der Waals surface area contributed by atoms with Crippen molar-refractivity contribution in [1.29, 1.82) is 0 Å². The third-order valence-corrected chi connectivity index (χ3v) is 8.29. The first-order chi connectivity index (χ1) is 18.8. The van der Waals surface area contributed by atoms with Crippen molar-refractivity contribution >= 4 is 40.6 Å². The summed E-state index contributed by atoms with van der Waals surface area (Å²) < 4.78 is 4.28. The highest BCUT2D eigenvalue weighted by Gasteiger charge is 2.35. The summed E-state index contributed by atoms with van der Waals surface area (Å²) in [6.45, 7) is 6.11. The van der Waals surface area contributed by atoms with Crippen LogP contribution >= 0.6 is 11.5 Å². The molecule has 1 fully saturated rings. The van der Waals surface area contributed by atoms with Crippen LogP contribution in [0, 0.1) is 13.8 Å². The van der Waals surface area contributed by atoms with E-state index < -0.39 is 11.9 Å². The van der Waals surface area contributed by atoms with Crippen LogP contribution in [0.2, 0.25) is 0 Å². The van der Waals surface area contributed by atoms with Gasteiger partial charge in [0.05, 0.1) is 5.69 Å². The topological polar surface area (TPSA) is 117 Å². The van der Waals surface area contributed by atoms with Crippen molar-refractivity contribution < 1.29 is 14.4 Å². The summed E-state index contributed by atoms with van der Waals surface area (Å²) in [7, 11) is 0. The van der Waals surface area contributed by atoms with Crippen molar-refractivity contribution in [2.45, 2.75) is 77.9 Å². The molecule has 1 heterocycles. The molecule has 39 heavy (non-hydrogen) atoms. The Morgan fingerprint density at radius 2 is 1.77 bits per heavy atom. The van der Waals surface area contributed by atoms with E-state index in [0.717, 1.165) is 53.9 Å². The van der Waals surface area contributed by atoms with Gasteiger partial charge in [-0.3, -0.25) is 19.3 Å². The fourth-order valence-corrected chi connectivity index (χ4v) is 5.76. The highest BCUT2D eigenvalue weighted by molar-refractivity contribution is 7.09. The molecule has 1 atom stereocenters. The van der Waals surface area contributed by atoms with Crippen LogP contribution in [0.15, 0.2) is 48.5 Å². The average Bonchev–Trinajstić information content (AvgIpc) is 3.34. The van der Waals surface area contributed by atoms with Crippen LogP contribution in [-0.2, 0) is 11.3 Å². The van der Waals surface area contributed by atoms with E-state index in [4.69, 9.17) is 5.73 Å². The first-order valence-corrected chi connectivity index (χ1v) is 14.4.